The predicted molar refractivity (Wildman–Crippen MR) is 219 cm³/mol. The van der Waals surface area contributed by atoms with Crippen LogP contribution in [0.3, 0.4) is 0 Å². The molecule has 0 radical (unpaired) electrons. The maximum absolute atomic E-state index is 13.9. The van der Waals surface area contributed by atoms with Gasteiger partial charge < -0.3 is 15.2 Å². The predicted octanol–water partition coefficient (Wildman–Crippen LogP) is 6.11. The number of amides is 4. The molecule has 292 valence electrons. The number of benzene rings is 2. The van der Waals surface area contributed by atoms with E-state index in [2.05, 4.69) is 88.7 Å². The van der Waals surface area contributed by atoms with E-state index in [0.717, 1.165) is 90.1 Å². The summed E-state index contributed by atoms with van der Waals surface area (Å²) in [6, 6.07) is 18.2. The molecule has 2 saturated heterocycles. The number of hydrogen-bond donors (Lipinski definition) is 3. The Bertz CT molecular complexity index is 2290. The highest BCUT2D eigenvalue weighted by Gasteiger charge is 2.26. The summed E-state index contributed by atoms with van der Waals surface area (Å²) in [7, 11) is 2.16. The lowest BCUT2D eigenvalue weighted by Gasteiger charge is -2.37. The number of nitrogens with zero attached hydrogens (tertiary/aromatic N) is 6. The summed E-state index contributed by atoms with van der Waals surface area (Å²) in [5, 5.41) is 10.8. The smallest absolute Gasteiger partial charge is 0.328 e. The summed E-state index contributed by atoms with van der Waals surface area (Å²) in [5.74, 6) is 0.425. The van der Waals surface area contributed by atoms with Gasteiger partial charge in [-0.15, -0.1) is 0 Å². The summed E-state index contributed by atoms with van der Waals surface area (Å²) in [4.78, 5) is 64.6. The second kappa shape index (κ2) is 16.5. The molecule has 2 fully saturated rings. The summed E-state index contributed by atoms with van der Waals surface area (Å²) in [6.45, 7) is 11.2. The molecular weight excluding hydrogens is 707 g/mol. The Morgan fingerprint density at radius 3 is 2.43 bits per heavy atom. The van der Waals surface area contributed by atoms with Crippen molar-refractivity contribution in [2.24, 2.45) is 0 Å². The zero-order valence-electron chi connectivity index (χ0n) is 32.9. The number of carbonyl (C=O) groups is 3. The second-order valence-corrected chi connectivity index (χ2v) is 15.3. The van der Waals surface area contributed by atoms with Crippen LogP contribution in [0.15, 0.2) is 71.8 Å². The normalized spacial score (nSPS) is 15.3. The number of aryl methyl sites for hydroxylation is 2. The van der Waals surface area contributed by atoms with E-state index in [-0.39, 0.29) is 36.0 Å². The number of pyridine rings is 2. The van der Waals surface area contributed by atoms with Gasteiger partial charge in [-0.3, -0.25) is 34.2 Å². The molecule has 5 heterocycles. The number of aromatic amines is 1. The van der Waals surface area contributed by atoms with Crippen LogP contribution in [0.5, 0.6) is 0 Å². The molecule has 3 N–H and O–H groups in total. The van der Waals surface area contributed by atoms with Crippen LogP contribution in [-0.2, 0) is 24.3 Å². The van der Waals surface area contributed by atoms with Crippen molar-refractivity contribution < 1.29 is 14.4 Å². The first-order valence-electron chi connectivity index (χ1n) is 19.6. The SMILES string of the molecule is CCCc1cc(C)[nH]c(=O)c1CNC(=O)c1cc(-c2ccc(N3CCC(N(C)Cc4ccc(N5CCC(=O)NC5=O)cc4)CC3)nc2)cc2c1cnn2C(C)C. The highest BCUT2D eigenvalue weighted by molar-refractivity contribution is 6.08. The average Bonchev–Trinajstić information content (AvgIpc) is 3.62. The van der Waals surface area contributed by atoms with Crippen molar-refractivity contribution in [3.05, 3.63) is 105 Å². The van der Waals surface area contributed by atoms with Crippen LogP contribution in [0.2, 0.25) is 0 Å². The van der Waals surface area contributed by atoms with Gasteiger partial charge in [0.2, 0.25) is 5.91 Å². The van der Waals surface area contributed by atoms with Gasteiger partial charge in [0.15, 0.2) is 0 Å². The van der Waals surface area contributed by atoms with Gasteiger partial charge >= 0.3 is 6.03 Å². The van der Waals surface area contributed by atoms with Crippen molar-refractivity contribution in [2.45, 2.75) is 85.0 Å². The highest BCUT2D eigenvalue weighted by Crippen LogP contribution is 2.31. The Hall–Kier alpha value is -5.82. The van der Waals surface area contributed by atoms with E-state index < -0.39 is 0 Å². The summed E-state index contributed by atoms with van der Waals surface area (Å²) in [5.41, 5.74) is 7.27. The third-order valence-electron chi connectivity index (χ3n) is 11.0. The van der Waals surface area contributed by atoms with Crippen molar-refractivity contribution >= 4 is 40.3 Å². The number of carbonyl (C=O) groups excluding carboxylic acids is 3. The van der Waals surface area contributed by atoms with E-state index in [4.69, 9.17) is 4.98 Å². The third kappa shape index (κ3) is 8.23. The van der Waals surface area contributed by atoms with Crippen molar-refractivity contribution in [1.29, 1.82) is 0 Å². The minimum absolute atomic E-state index is 0.0904. The molecule has 0 spiro atoms. The van der Waals surface area contributed by atoms with Crippen LogP contribution in [0.25, 0.3) is 22.0 Å². The number of anilines is 2. The summed E-state index contributed by atoms with van der Waals surface area (Å²) < 4.78 is 1.93. The average molecular weight is 758 g/mol. The van der Waals surface area contributed by atoms with E-state index >= 15 is 0 Å². The minimum Gasteiger partial charge on any atom is -0.357 e. The standard InChI is InChI=1S/C43H51N9O4/c1-6-7-30-20-28(4)47-42(55)36(30)24-45-41(54)35-21-32(22-38-37(35)25-46-52(38)27(2)3)31-10-13-39(44-23-31)50-17-14-33(15-18-50)49(5)26-29-8-11-34(12-9-29)51-19-16-40(53)48-43(51)56/h8-13,20-23,25,27,33H,6-7,14-19,24,26H2,1-5H3,(H,45,54)(H,47,55)(H,48,53,56). The zero-order valence-corrected chi connectivity index (χ0v) is 32.9. The number of urea groups is 1. The van der Waals surface area contributed by atoms with Gasteiger partial charge in [0.05, 0.1) is 17.3 Å². The zero-order chi connectivity index (χ0) is 39.5. The van der Waals surface area contributed by atoms with Crippen LogP contribution < -0.4 is 26.0 Å². The number of imide groups is 1. The first kappa shape index (κ1) is 38.5. The number of nitrogens with one attached hydrogen (secondary N) is 3. The topological polar surface area (TPSA) is 149 Å². The van der Waals surface area contributed by atoms with Crippen molar-refractivity contribution in [3.63, 3.8) is 0 Å². The summed E-state index contributed by atoms with van der Waals surface area (Å²) in [6.07, 6.45) is 7.60. The molecule has 0 unspecified atom stereocenters. The number of H-pyrrole nitrogens is 1. The molecule has 2 aromatic carbocycles. The molecule has 4 amide bonds. The van der Waals surface area contributed by atoms with Gasteiger partial charge in [-0.05, 0) is 106 Å². The fourth-order valence-electron chi connectivity index (χ4n) is 7.93. The molecule has 13 heteroatoms. The molecule has 0 atom stereocenters. The Kier molecular flexibility index (Phi) is 11.3. The third-order valence-corrected chi connectivity index (χ3v) is 11.0. The number of rotatable bonds is 12. The fourth-order valence-corrected chi connectivity index (χ4v) is 7.93. The van der Waals surface area contributed by atoms with E-state index in [0.29, 0.717) is 30.1 Å². The van der Waals surface area contributed by atoms with Gasteiger partial charge in [0.25, 0.3) is 11.5 Å². The Balaban J connectivity index is 1.01. The van der Waals surface area contributed by atoms with Crippen molar-refractivity contribution in [3.8, 4) is 11.1 Å². The second-order valence-electron chi connectivity index (χ2n) is 15.3. The number of hydrogen-bond acceptors (Lipinski definition) is 8. The van der Waals surface area contributed by atoms with Crippen LogP contribution in [0.4, 0.5) is 16.3 Å². The number of piperidine rings is 1. The lowest BCUT2D eigenvalue weighted by atomic mass is 10.00. The van der Waals surface area contributed by atoms with Gasteiger partial charge in [0, 0.05) is 85.3 Å². The molecule has 13 nitrogen and oxygen atoms in total. The van der Waals surface area contributed by atoms with Gasteiger partial charge in [-0.1, -0.05) is 25.5 Å². The monoisotopic (exact) mass is 757 g/mol. The van der Waals surface area contributed by atoms with Crippen molar-refractivity contribution in [1.82, 2.24) is 35.3 Å². The van der Waals surface area contributed by atoms with E-state index in [9.17, 15) is 19.2 Å². The fraction of sp³-hybridized carbons (Fsp3) is 0.395. The molecule has 0 aliphatic carbocycles. The van der Waals surface area contributed by atoms with E-state index in [1.54, 1.807) is 11.1 Å². The summed E-state index contributed by atoms with van der Waals surface area (Å²) >= 11 is 0. The molecule has 7 rings (SSSR count). The highest BCUT2D eigenvalue weighted by atomic mass is 16.2. The van der Waals surface area contributed by atoms with E-state index in [1.165, 1.54) is 5.56 Å². The molecule has 56 heavy (non-hydrogen) atoms. The maximum atomic E-state index is 13.9. The van der Waals surface area contributed by atoms with Crippen LogP contribution in [0.1, 0.15) is 85.2 Å². The van der Waals surface area contributed by atoms with Gasteiger partial charge in [-0.25, -0.2) is 9.78 Å². The lowest BCUT2D eigenvalue weighted by molar-refractivity contribution is -0.120. The largest absolute Gasteiger partial charge is 0.357 e. The Morgan fingerprint density at radius 1 is 0.982 bits per heavy atom. The van der Waals surface area contributed by atoms with Crippen molar-refractivity contribution in [2.75, 3.05) is 36.5 Å². The molecule has 3 aromatic heterocycles. The molecule has 0 bridgehead atoms. The van der Waals surface area contributed by atoms with Crippen LogP contribution in [0, 0.1) is 6.92 Å². The first-order valence-corrected chi connectivity index (χ1v) is 19.6. The molecule has 2 aliphatic heterocycles. The molecular formula is C43H51N9O4. The quantitative estimate of drug-likeness (QED) is 0.138. The number of aromatic nitrogens is 4. The van der Waals surface area contributed by atoms with E-state index in [1.807, 2.05) is 42.1 Å². The van der Waals surface area contributed by atoms with Gasteiger partial charge in [0.1, 0.15) is 5.82 Å². The van der Waals surface area contributed by atoms with Crippen LogP contribution in [-0.4, -0.2) is 75.2 Å². The van der Waals surface area contributed by atoms with Crippen LogP contribution >= 0.6 is 0 Å². The Labute approximate surface area is 327 Å². The van der Waals surface area contributed by atoms with Gasteiger partial charge in [-0.2, -0.15) is 5.10 Å². The number of fused-ring (bicyclic) bond motifs is 1. The molecule has 5 aromatic rings. The maximum Gasteiger partial charge on any atom is 0.328 e. The first-order chi connectivity index (χ1) is 27.0. The molecule has 2 aliphatic rings. The lowest BCUT2D eigenvalue weighted by Crippen LogP contribution is -2.49. The minimum atomic E-state index is -0.372. The Morgan fingerprint density at radius 2 is 1.75 bits per heavy atom. The molecule has 0 saturated carbocycles.